The summed E-state index contributed by atoms with van der Waals surface area (Å²) in [6.07, 6.45) is 7.08. The third kappa shape index (κ3) is 8.02. The first-order valence-corrected chi connectivity index (χ1v) is 5.18. The van der Waals surface area contributed by atoms with E-state index in [2.05, 4.69) is 13.8 Å². The van der Waals surface area contributed by atoms with Crippen LogP contribution in [0.15, 0.2) is 0 Å². The highest BCUT2D eigenvalue weighted by molar-refractivity contribution is 4.46. The lowest BCUT2D eigenvalue weighted by Gasteiger charge is -2.11. The van der Waals surface area contributed by atoms with E-state index in [1.807, 2.05) is 0 Å². The molecule has 0 aliphatic heterocycles. The average Bonchev–Trinajstić information content (AvgIpc) is 2.05. The van der Waals surface area contributed by atoms with Crippen molar-refractivity contribution >= 4 is 0 Å². The van der Waals surface area contributed by atoms with Crippen molar-refractivity contribution in [2.24, 2.45) is 5.73 Å². The number of hydrogen-bond donors (Lipinski definition) is 1. The van der Waals surface area contributed by atoms with Crippen LogP contribution in [0.3, 0.4) is 0 Å². The SMILES string of the molecule is CCCCCCOC(N)CCC. The first-order valence-electron chi connectivity index (χ1n) is 5.18. The van der Waals surface area contributed by atoms with Crippen LogP contribution in [0, 0.1) is 0 Å². The molecule has 2 N–H and O–H groups in total. The van der Waals surface area contributed by atoms with Crippen molar-refractivity contribution in [1.82, 2.24) is 0 Å². The molecule has 12 heavy (non-hydrogen) atoms. The van der Waals surface area contributed by atoms with E-state index < -0.39 is 0 Å². The number of rotatable bonds is 8. The minimum absolute atomic E-state index is 0.0309. The molecule has 0 radical (unpaired) electrons. The minimum Gasteiger partial charge on any atom is -0.364 e. The molecular weight excluding hydrogens is 150 g/mol. The summed E-state index contributed by atoms with van der Waals surface area (Å²) in [5.41, 5.74) is 5.68. The van der Waals surface area contributed by atoms with Crippen LogP contribution in [0.2, 0.25) is 0 Å². The normalized spacial score (nSPS) is 13.2. The van der Waals surface area contributed by atoms with Crippen molar-refractivity contribution in [3.63, 3.8) is 0 Å². The van der Waals surface area contributed by atoms with Gasteiger partial charge in [0.15, 0.2) is 0 Å². The second-order valence-electron chi connectivity index (χ2n) is 3.26. The average molecular weight is 173 g/mol. The molecule has 1 unspecified atom stereocenters. The Morgan fingerprint density at radius 1 is 1.08 bits per heavy atom. The van der Waals surface area contributed by atoms with Gasteiger partial charge in [0.05, 0.1) is 0 Å². The summed E-state index contributed by atoms with van der Waals surface area (Å²) in [6.45, 7) is 5.17. The molecular formula is C10H23NO. The maximum Gasteiger partial charge on any atom is 0.105 e. The van der Waals surface area contributed by atoms with Crippen LogP contribution in [0.4, 0.5) is 0 Å². The lowest BCUT2D eigenvalue weighted by molar-refractivity contribution is 0.0489. The Kier molecular flexibility index (Phi) is 8.95. The third-order valence-electron chi connectivity index (χ3n) is 1.90. The molecule has 0 rings (SSSR count). The molecule has 74 valence electrons. The zero-order chi connectivity index (χ0) is 9.23. The summed E-state index contributed by atoms with van der Waals surface area (Å²) in [6, 6.07) is 0. The van der Waals surface area contributed by atoms with Gasteiger partial charge in [-0.25, -0.2) is 0 Å². The number of unbranched alkanes of at least 4 members (excludes halogenated alkanes) is 3. The Hall–Kier alpha value is -0.0800. The van der Waals surface area contributed by atoms with E-state index in [1.165, 1.54) is 19.3 Å². The van der Waals surface area contributed by atoms with Crippen LogP contribution >= 0.6 is 0 Å². The van der Waals surface area contributed by atoms with Crippen LogP contribution in [0.5, 0.6) is 0 Å². The van der Waals surface area contributed by atoms with Crippen molar-refractivity contribution in [2.75, 3.05) is 6.61 Å². The third-order valence-corrected chi connectivity index (χ3v) is 1.90. The zero-order valence-corrected chi connectivity index (χ0v) is 8.51. The molecule has 0 aromatic heterocycles. The van der Waals surface area contributed by atoms with Crippen LogP contribution in [0.1, 0.15) is 52.4 Å². The lowest BCUT2D eigenvalue weighted by Crippen LogP contribution is -2.23. The van der Waals surface area contributed by atoms with Gasteiger partial charge in [0, 0.05) is 6.61 Å². The second kappa shape index (κ2) is 9.01. The molecule has 0 saturated heterocycles. The van der Waals surface area contributed by atoms with Crippen LogP contribution < -0.4 is 5.73 Å². The van der Waals surface area contributed by atoms with Crippen molar-refractivity contribution in [2.45, 2.75) is 58.6 Å². The van der Waals surface area contributed by atoms with Crippen molar-refractivity contribution in [3.05, 3.63) is 0 Å². The van der Waals surface area contributed by atoms with Gasteiger partial charge in [0.1, 0.15) is 6.23 Å². The van der Waals surface area contributed by atoms with E-state index in [0.717, 1.165) is 25.9 Å². The molecule has 0 heterocycles. The van der Waals surface area contributed by atoms with Gasteiger partial charge in [-0.3, -0.25) is 0 Å². The second-order valence-corrected chi connectivity index (χ2v) is 3.26. The maximum absolute atomic E-state index is 5.68. The predicted octanol–water partition coefficient (Wildman–Crippen LogP) is 2.67. The first-order chi connectivity index (χ1) is 5.81. The summed E-state index contributed by atoms with van der Waals surface area (Å²) in [5, 5.41) is 0. The summed E-state index contributed by atoms with van der Waals surface area (Å²) in [4.78, 5) is 0. The molecule has 0 bridgehead atoms. The van der Waals surface area contributed by atoms with E-state index in [1.54, 1.807) is 0 Å². The molecule has 2 nitrogen and oxygen atoms in total. The highest BCUT2D eigenvalue weighted by Crippen LogP contribution is 2.01. The molecule has 0 aliphatic rings. The van der Waals surface area contributed by atoms with E-state index in [0.29, 0.717) is 0 Å². The van der Waals surface area contributed by atoms with Gasteiger partial charge < -0.3 is 10.5 Å². The molecule has 0 fully saturated rings. The highest BCUT2D eigenvalue weighted by atomic mass is 16.5. The largest absolute Gasteiger partial charge is 0.364 e. The number of ether oxygens (including phenoxy) is 1. The molecule has 0 aromatic carbocycles. The van der Waals surface area contributed by atoms with E-state index in [9.17, 15) is 0 Å². The van der Waals surface area contributed by atoms with Gasteiger partial charge in [-0.2, -0.15) is 0 Å². The first kappa shape index (κ1) is 11.9. The van der Waals surface area contributed by atoms with Crippen molar-refractivity contribution in [3.8, 4) is 0 Å². The Balaban J connectivity index is 2.97. The van der Waals surface area contributed by atoms with Gasteiger partial charge in [0.25, 0.3) is 0 Å². The molecule has 0 spiro atoms. The quantitative estimate of drug-likeness (QED) is 0.452. The standard InChI is InChI=1S/C10H23NO/c1-3-5-6-7-9-12-10(11)8-4-2/h10H,3-9,11H2,1-2H3. The van der Waals surface area contributed by atoms with Crippen molar-refractivity contribution in [1.29, 1.82) is 0 Å². The minimum atomic E-state index is -0.0309. The molecule has 0 aromatic rings. The Morgan fingerprint density at radius 3 is 2.42 bits per heavy atom. The van der Waals surface area contributed by atoms with Crippen LogP contribution in [0.25, 0.3) is 0 Å². The predicted molar refractivity (Wildman–Crippen MR) is 53.0 cm³/mol. The topological polar surface area (TPSA) is 35.2 Å². The smallest absolute Gasteiger partial charge is 0.105 e. The highest BCUT2D eigenvalue weighted by Gasteiger charge is 1.98. The Bertz CT molecular complexity index is 85.9. The van der Waals surface area contributed by atoms with Gasteiger partial charge in [-0.05, 0) is 12.8 Å². The molecule has 1 atom stereocenters. The van der Waals surface area contributed by atoms with Crippen LogP contribution in [-0.2, 0) is 4.74 Å². The zero-order valence-electron chi connectivity index (χ0n) is 8.51. The number of nitrogens with two attached hydrogens (primary N) is 1. The van der Waals surface area contributed by atoms with Gasteiger partial charge in [-0.1, -0.05) is 39.5 Å². The Morgan fingerprint density at radius 2 is 1.83 bits per heavy atom. The fraction of sp³-hybridized carbons (Fsp3) is 1.00. The molecule has 0 amide bonds. The van der Waals surface area contributed by atoms with E-state index in [4.69, 9.17) is 10.5 Å². The monoisotopic (exact) mass is 173 g/mol. The molecule has 0 aliphatic carbocycles. The van der Waals surface area contributed by atoms with Gasteiger partial charge in [0.2, 0.25) is 0 Å². The maximum atomic E-state index is 5.68. The summed E-state index contributed by atoms with van der Waals surface area (Å²) >= 11 is 0. The van der Waals surface area contributed by atoms with Gasteiger partial charge in [-0.15, -0.1) is 0 Å². The van der Waals surface area contributed by atoms with E-state index >= 15 is 0 Å². The summed E-state index contributed by atoms with van der Waals surface area (Å²) in [7, 11) is 0. The Labute approximate surface area is 76.5 Å². The summed E-state index contributed by atoms with van der Waals surface area (Å²) < 4.78 is 5.41. The summed E-state index contributed by atoms with van der Waals surface area (Å²) in [5.74, 6) is 0. The lowest BCUT2D eigenvalue weighted by atomic mass is 10.2. The van der Waals surface area contributed by atoms with Crippen molar-refractivity contribution < 1.29 is 4.74 Å². The fourth-order valence-corrected chi connectivity index (χ4v) is 1.13. The fourth-order valence-electron chi connectivity index (χ4n) is 1.13. The molecule has 2 heteroatoms. The molecule has 0 saturated carbocycles. The van der Waals surface area contributed by atoms with E-state index in [-0.39, 0.29) is 6.23 Å². The van der Waals surface area contributed by atoms with Crippen LogP contribution in [-0.4, -0.2) is 12.8 Å². The number of hydrogen-bond acceptors (Lipinski definition) is 2. The van der Waals surface area contributed by atoms with Gasteiger partial charge >= 0.3 is 0 Å².